The van der Waals surface area contributed by atoms with Crippen LogP contribution in [-0.4, -0.2) is 20.5 Å². The van der Waals surface area contributed by atoms with E-state index in [9.17, 15) is 4.79 Å². The lowest BCUT2D eigenvalue weighted by molar-refractivity contribution is -0.108. The fourth-order valence-electron chi connectivity index (χ4n) is 2.06. The van der Waals surface area contributed by atoms with E-state index in [1.807, 2.05) is 13.0 Å². The summed E-state index contributed by atoms with van der Waals surface area (Å²) in [6, 6.07) is 4.13. The SMILES string of the molecule is COc1cc(C(C)(C)C)cc(C(C)CC=O)c1OC. The van der Waals surface area contributed by atoms with Gasteiger partial charge in [0.05, 0.1) is 14.2 Å². The quantitative estimate of drug-likeness (QED) is 0.761. The summed E-state index contributed by atoms with van der Waals surface area (Å²) in [5.74, 6) is 1.57. The van der Waals surface area contributed by atoms with Crippen molar-refractivity contribution in [1.29, 1.82) is 0 Å². The Balaban J connectivity index is 3.43. The van der Waals surface area contributed by atoms with Crippen molar-refractivity contribution < 1.29 is 14.3 Å². The van der Waals surface area contributed by atoms with Crippen LogP contribution in [-0.2, 0) is 10.2 Å². The van der Waals surface area contributed by atoms with Gasteiger partial charge in [0, 0.05) is 12.0 Å². The van der Waals surface area contributed by atoms with Crippen LogP contribution in [0.1, 0.15) is 51.2 Å². The van der Waals surface area contributed by atoms with E-state index in [0.29, 0.717) is 6.42 Å². The molecule has 1 atom stereocenters. The zero-order chi connectivity index (χ0) is 14.6. The number of benzene rings is 1. The number of methoxy groups -OCH3 is 2. The predicted octanol–water partition coefficient (Wildman–Crippen LogP) is 3.69. The van der Waals surface area contributed by atoms with Gasteiger partial charge in [-0.1, -0.05) is 33.8 Å². The topological polar surface area (TPSA) is 35.5 Å². The molecule has 0 radical (unpaired) electrons. The molecule has 0 bridgehead atoms. The number of aldehydes is 1. The molecule has 0 aromatic heterocycles. The smallest absolute Gasteiger partial charge is 0.164 e. The molecule has 0 fully saturated rings. The molecular formula is C16H24O3. The van der Waals surface area contributed by atoms with Crippen molar-refractivity contribution in [3.8, 4) is 11.5 Å². The summed E-state index contributed by atoms with van der Waals surface area (Å²) < 4.78 is 10.9. The highest BCUT2D eigenvalue weighted by Crippen LogP contribution is 2.40. The van der Waals surface area contributed by atoms with E-state index >= 15 is 0 Å². The van der Waals surface area contributed by atoms with Gasteiger partial charge in [-0.3, -0.25) is 0 Å². The van der Waals surface area contributed by atoms with E-state index in [1.165, 1.54) is 5.56 Å². The Kier molecular flexibility index (Phi) is 4.98. The maximum atomic E-state index is 10.8. The molecule has 106 valence electrons. The van der Waals surface area contributed by atoms with E-state index in [4.69, 9.17) is 9.47 Å². The maximum absolute atomic E-state index is 10.8. The van der Waals surface area contributed by atoms with E-state index in [0.717, 1.165) is 23.3 Å². The van der Waals surface area contributed by atoms with Crippen LogP contribution in [0.5, 0.6) is 11.5 Å². The number of ether oxygens (including phenoxy) is 2. The summed E-state index contributed by atoms with van der Waals surface area (Å²) in [5.41, 5.74) is 2.23. The average molecular weight is 264 g/mol. The fraction of sp³-hybridized carbons (Fsp3) is 0.562. The van der Waals surface area contributed by atoms with E-state index < -0.39 is 0 Å². The van der Waals surface area contributed by atoms with Gasteiger partial charge in [-0.05, 0) is 23.0 Å². The molecule has 0 amide bonds. The average Bonchev–Trinajstić information content (AvgIpc) is 2.36. The van der Waals surface area contributed by atoms with Gasteiger partial charge in [-0.2, -0.15) is 0 Å². The van der Waals surface area contributed by atoms with Gasteiger partial charge in [0.2, 0.25) is 0 Å². The van der Waals surface area contributed by atoms with E-state index in [2.05, 4.69) is 26.8 Å². The minimum atomic E-state index is 0.0230. The summed E-state index contributed by atoms with van der Waals surface area (Å²) in [7, 11) is 3.27. The van der Waals surface area contributed by atoms with Crippen molar-refractivity contribution in [1.82, 2.24) is 0 Å². The molecule has 0 heterocycles. The minimum absolute atomic E-state index is 0.0230. The largest absolute Gasteiger partial charge is 0.493 e. The molecule has 1 aromatic rings. The standard InChI is InChI=1S/C16H24O3/c1-11(7-8-17)13-9-12(16(2,3)4)10-14(18-5)15(13)19-6/h8-11H,7H2,1-6H3. The third kappa shape index (κ3) is 3.49. The molecule has 3 nitrogen and oxygen atoms in total. The Morgan fingerprint density at radius 1 is 1.21 bits per heavy atom. The fourth-order valence-corrected chi connectivity index (χ4v) is 2.06. The van der Waals surface area contributed by atoms with Gasteiger partial charge in [0.1, 0.15) is 6.29 Å². The molecule has 1 rings (SSSR count). The number of carbonyl (C=O) groups excluding carboxylic acids is 1. The lowest BCUT2D eigenvalue weighted by Crippen LogP contribution is -2.13. The predicted molar refractivity (Wildman–Crippen MR) is 77.3 cm³/mol. The van der Waals surface area contributed by atoms with E-state index in [-0.39, 0.29) is 11.3 Å². The monoisotopic (exact) mass is 264 g/mol. The first kappa shape index (κ1) is 15.5. The Morgan fingerprint density at radius 2 is 1.84 bits per heavy atom. The summed E-state index contributed by atoms with van der Waals surface area (Å²) in [6.45, 7) is 8.49. The Labute approximate surface area is 115 Å². The van der Waals surface area contributed by atoms with Crippen molar-refractivity contribution in [2.24, 2.45) is 0 Å². The zero-order valence-corrected chi connectivity index (χ0v) is 12.7. The number of hydrogen-bond acceptors (Lipinski definition) is 3. The highest BCUT2D eigenvalue weighted by molar-refractivity contribution is 5.56. The summed E-state index contributed by atoms with van der Waals surface area (Å²) in [5, 5.41) is 0. The first-order valence-electron chi connectivity index (χ1n) is 6.55. The van der Waals surface area contributed by atoms with Gasteiger partial charge < -0.3 is 14.3 Å². The molecule has 0 N–H and O–H groups in total. The van der Waals surface area contributed by atoms with Crippen LogP contribution in [0.2, 0.25) is 0 Å². The Hall–Kier alpha value is -1.51. The Bertz CT molecular complexity index is 444. The van der Waals surface area contributed by atoms with Crippen molar-refractivity contribution in [3.63, 3.8) is 0 Å². The second-order valence-electron chi connectivity index (χ2n) is 5.85. The van der Waals surface area contributed by atoms with Crippen molar-refractivity contribution in [3.05, 3.63) is 23.3 Å². The minimum Gasteiger partial charge on any atom is -0.493 e. The molecule has 0 aliphatic heterocycles. The van der Waals surface area contributed by atoms with Crippen LogP contribution < -0.4 is 9.47 Å². The van der Waals surface area contributed by atoms with Gasteiger partial charge >= 0.3 is 0 Å². The summed E-state index contributed by atoms with van der Waals surface area (Å²) >= 11 is 0. The van der Waals surface area contributed by atoms with Crippen LogP contribution in [0.15, 0.2) is 12.1 Å². The van der Waals surface area contributed by atoms with Crippen LogP contribution in [0.4, 0.5) is 0 Å². The van der Waals surface area contributed by atoms with Gasteiger partial charge in [-0.25, -0.2) is 0 Å². The normalized spacial score (nSPS) is 12.9. The van der Waals surface area contributed by atoms with Crippen molar-refractivity contribution in [2.45, 2.75) is 45.4 Å². The first-order chi connectivity index (χ1) is 8.85. The molecule has 0 spiro atoms. The number of hydrogen-bond donors (Lipinski definition) is 0. The van der Waals surface area contributed by atoms with Gasteiger partial charge in [-0.15, -0.1) is 0 Å². The molecule has 0 aliphatic carbocycles. The van der Waals surface area contributed by atoms with Crippen molar-refractivity contribution in [2.75, 3.05) is 14.2 Å². The second kappa shape index (κ2) is 6.09. The highest BCUT2D eigenvalue weighted by atomic mass is 16.5. The van der Waals surface area contributed by atoms with Crippen LogP contribution in [0.25, 0.3) is 0 Å². The molecule has 0 aliphatic rings. The summed E-state index contributed by atoms with van der Waals surface area (Å²) in [4.78, 5) is 10.8. The van der Waals surface area contributed by atoms with Gasteiger partial charge in [0.25, 0.3) is 0 Å². The van der Waals surface area contributed by atoms with Crippen LogP contribution in [0, 0.1) is 0 Å². The zero-order valence-electron chi connectivity index (χ0n) is 12.7. The first-order valence-corrected chi connectivity index (χ1v) is 6.55. The highest BCUT2D eigenvalue weighted by Gasteiger charge is 2.22. The lowest BCUT2D eigenvalue weighted by atomic mass is 9.83. The third-order valence-corrected chi connectivity index (χ3v) is 3.35. The molecule has 0 saturated heterocycles. The van der Waals surface area contributed by atoms with E-state index in [1.54, 1.807) is 14.2 Å². The molecule has 3 heteroatoms. The Morgan fingerprint density at radius 3 is 2.26 bits per heavy atom. The third-order valence-electron chi connectivity index (χ3n) is 3.35. The molecular weight excluding hydrogens is 240 g/mol. The molecule has 19 heavy (non-hydrogen) atoms. The second-order valence-corrected chi connectivity index (χ2v) is 5.85. The van der Waals surface area contributed by atoms with Crippen molar-refractivity contribution >= 4 is 6.29 Å². The van der Waals surface area contributed by atoms with Gasteiger partial charge in [0.15, 0.2) is 11.5 Å². The lowest BCUT2D eigenvalue weighted by Gasteiger charge is -2.24. The van der Waals surface area contributed by atoms with Crippen LogP contribution in [0.3, 0.4) is 0 Å². The number of rotatable bonds is 5. The van der Waals surface area contributed by atoms with Crippen LogP contribution >= 0.6 is 0 Å². The summed E-state index contributed by atoms with van der Waals surface area (Å²) in [6.07, 6.45) is 1.42. The number of carbonyl (C=O) groups is 1. The maximum Gasteiger partial charge on any atom is 0.164 e. The molecule has 1 unspecified atom stereocenters. The molecule has 0 saturated carbocycles. The molecule has 1 aromatic carbocycles.